The van der Waals surface area contributed by atoms with Crippen LogP contribution in [0.4, 0.5) is 0 Å². The van der Waals surface area contributed by atoms with Gasteiger partial charge in [0.2, 0.25) is 6.08 Å². The average molecular weight is 279 g/mol. The Hall–Kier alpha value is -1.26. The highest BCUT2D eigenvalue weighted by atomic mass is 28.3. The van der Waals surface area contributed by atoms with Crippen LogP contribution in [0.3, 0.4) is 0 Å². The quantitative estimate of drug-likeness (QED) is 0.415. The van der Waals surface area contributed by atoms with E-state index in [9.17, 15) is 4.79 Å². The lowest BCUT2D eigenvalue weighted by molar-refractivity contribution is 0.225. The Morgan fingerprint density at radius 3 is 2.37 bits per heavy atom. The van der Waals surface area contributed by atoms with Gasteiger partial charge in [0.1, 0.15) is 0 Å². The number of benzene rings is 1. The predicted octanol–water partition coefficient (Wildman–Crippen LogP) is 1.97. The number of rotatable bonds is 8. The normalized spacial score (nSPS) is 12.2. The Morgan fingerprint density at radius 2 is 1.84 bits per heavy atom. The highest BCUT2D eigenvalue weighted by Crippen LogP contribution is 2.19. The Bertz CT molecular complexity index is 426. The van der Waals surface area contributed by atoms with E-state index >= 15 is 0 Å². The molecule has 0 radical (unpaired) electrons. The van der Waals surface area contributed by atoms with Crippen LogP contribution in [0.25, 0.3) is 0 Å². The topological polar surface area (TPSA) is 47.9 Å². The summed E-state index contributed by atoms with van der Waals surface area (Å²) in [6.45, 7) is 7.17. The zero-order valence-electron chi connectivity index (χ0n) is 11.8. The summed E-state index contributed by atoms with van der Waals surface area (Å²) in [6, 6.07) is 7.76. The van der Waals surface area contributed by atoms with E-state index in [1.165, 1.54) is 0 Å². The molecule has 0 saturated carbocycles. The molecule has 1 aromatic rings. The number of isocyanates is 1. The smallest absolute Gasteiger partial charge is 0.356 e. The molecule has 0 N–H and O–H groups in total. The van der Waals surface area contributed by atoms with Gasteiger partial charge in [0.05, 0.1) is 6.04 Å². The highest BCUT2D eigenvalue weighted by molar-refractivity contribution is 6.61. The van der Waals surface area contributed by atoms with Gasteiger partial charge in [-0.2, -0.15) is 4.99 Å². The van der Waals surface area contributed by atoms with Crippen molar-refractivity contribution in [2.24, 2.45) is 4.99 Å². The van der Waals surface area contributed by atoms with Crippen LogP contribution in [0, 0.1) is 0 Å². The molecule has 0 saturated heterocycles. The number of carbonyl (C=O) groups excluding carboxylic acids is 1. The van der Waals surface area contributed by atoms with Gasteiger partial charge in [-0.3, -0.25) is 0 Å². The minimum Gasteiger partial charge on any atom is -0.394 e. The third-order valence-electron chi connectivity index (χ3n) is 2.84. The summed E-state index contributed by atoms with van der Waals surface area (Å²) in [6.07, 6.45) is 2.41. The summed E-state index contributed by atoms with van der Waals surface area (Å²) in [4.78, 5) is 14.4. The second kappa shape index (κ2) is 8.77. The lowest BCUT2D eigenvalue weighted by Crippen LogP contribution is -2.39. The van der Waals surface area contributed by atoms with Crippen LogP contribution in [0.15, 0.2) is 29.3 Å². The zero-order valence-corrected chi connectivity index (χ0v) is 12.9. The molecule has 0 aliphatic heterocycles. The molecular formula is C14H21NO3Si. The van der Waals surface area contributed by atoms with Crippen molar-refractivity contribution in [3.63, 3.8) is 0 Å². The molecule has 0 aliphatic rings. The third kappa shape index (κ3) is 4.40. The summed E-state index contributed by atoms with van der Waals surface area (Å²) >= 11 is 0. The third-order valence-corrected chi connectivity index (χ3v) is 5.15. The van der Waals surface area contributed by atoms with Gasteiger partial charge in [-0.25, -0.2) is 4.79 Å². The molecular weight excluding hydrogens is 258 g/mol. The second-order valence-electron chi connectivity index (χ2n) is 4.02. The number of hydrogen-bond donors (Lipinski definition) is 0. The fourth-order valence-electron chi connectivity index (χ4n) is 2.00. The first-order valence-electron chi connectivity index (χ1n) is 6.67. The summed E-state index contributed by atoms with van der Waals surface area (Å²) < 4.78 is 11.5. The van der Waals surface area contributed by atoms with Gasteiger partial charge in [0.15, 0.2) is 0 Å². The van der Waals surface area contributed by atoms with E-state index in [0.29, 0.717) is 13.2 Å². The fraction of sp³-hybridized carbons (Fsp3) is 0.500. The van der Waals surface area contributed by atoms with Crippen LogP contribution >= 0.6 is 0 Å². The van der Waals surface area contributed by atoms with E-state index in [-0.39, 0.29) is 6.04 Å². The molecule has 0 bridgehead atoms. The van der Waals surface area contributed by atoms with E-state index < -0.39 is 9.28 Å². The minimum absolute atomic E-state index is 0.162. The van der Waals surface area contributed by atoms with Crippen LogP contribution in [-0.4, -0.2) is 28.6 Å². The van der Waals surface area contributed by atoms with Crippen LogP contribution < -0.4 is 5.19 Å². The monoisotopic (exact) mass is 279 g/mol. The molecule has 0 fully saturated rings. The molecule has 0 amide bonds. The van der Waals surface area contributed by atoms with Crippen LogP contribution in [0.1, 0.15) is 38.8 Å². The molecule has 0 aromatic heterocycles. The van der Waals surface area contributed by atoms with E-state index in [1.807, 2.05) is 45.0 Å². The predicted molar refractivity (Wildman–Crippen MR) is 77.6 cm³/mol. The molecule has 104 valence electrons. The molecule has 0 heterocycles. The fourth-order valence-corrected chi connectivity index (χ4v) is 3.89. The van der Waals surface area contributed by atoms with Crippen LogP contribution in [-0.2, 0) is 13.6 Å². The van der Waals surface area contributed by atoms with Crippen LogP contribution in [0.2, 0.25) is 0 Å². The highest BCUT2D eigenvalue weighted by Gasteiger charge is 2.22. The maximum Gasteiger partial charge on any atom is 0.356 e. The van der Waals surface area contributed by atoms with E-state index in [4.69, 9.17) is 8.85 Å². The summed E-state index contributed by atoms with van der Waals surface area (Å²) in [5, 5.41) is 1.07. The molecule has 19 heavy (non-hydrogen) atoms. The van der Waals surface area contributed by atoms with Crippen molar-refractivity contribution in [3.8, 4) is 0 Å². The van der Waals surface area contributed by atoms with Crippen LogP contribution in [0.5, 0.6) is 0 Å². The summed E-state index contributed by atoms with van der Waals surface area (Å²) in [5.41, 5.74) is 1.02. The lowest BCUT2D eigenvalue weighted by Gasteiger charge is -2.20. The second-order valence-corrected chi connectivity index (χ2v) is 5.97. The zero-order chi connectivity index (χ0) is 14.1. The molecule has 4 nitrogen and oxygen atoms in total. The molecule has 5 heteroatoms. The Morgan fingerprint density at radius 1 is 1.21 bits per heavy atom. The van der Waals surface area contributed by atoms with Crippen molar-refractivity contribution >= 4 is 20.6 Å². The number of nitrogens with zero attached hydrogens (tertiary/aromatic N) is 1. The number of aliphatic imine (C=N–C) groups is 1. The van der Waals surface area contributed by atoms with Gasteiger partial charge < -0.3 is 8.85 Å². The van der Waals surface area contributed by atoms with Crippen molar-refractivity contribution in [2.45, 2.75) is 33.2 Å². The van der Waals surface area contributed by atoms with Crippen molar-refractivity contribution in [1.29, 1.82) is 0 Å². The first-order chi connectivity index (χ1) is 9.28. The Balaban J connectivity index is 3.14. The number of hydrogen-bond acceptors (Lipinski definition) is 4. The molecule has 0 aliphatic carbocycles. The van der Waals surface area contributed by atoms with Gasteiger partial charge in [0, 0.05) is 13.2 Å². The molecule has 1 atom stereocenters. The van der Waals surface area contributed by atoms with Crippen molar-refractivity contribution in [1.82, 2.24) is 0 Å². The van der Waals surface area contributed by atoms with Gasteiger partial charge in [0.25, 0.3) is 0 Å². The first-order valence-corrected chi connectivity index (χ1v) is 8.19. The van der Waals surface area contributed by atoms with Gasteiger partial charge in [-0.15, -0.1) is 0 Å². The summed E-state index contributed by atoms with van der Waals surface area (Å²) in [7, 11) is -1.92. The lowest BCUT2D eigenvalue weighted by atomic mass is 10.1. The van der Waals surface area contributed by atoms with Crippen molar-refractivity contribution in [2.75, 3.05) is 13.2 Å². The Labute approximate surface area is 116 Å². The largest absolute Gasteiger partial charge is 0.394 e. The standard InChI is InChI=1S/C14H21NO3Si/c1-4-13(15-11-16)12-9-7-8-10-14(12)19(17-5-2)18-6-3/h7-10,13,19H,4-6H2,1-3H3. The van der Waals surface area contributed by atoms with Gasteiger partial charge in [-0.1, -0.05) is 31.2 Å². The van der Waals surface area contributed by atoms with Gasteiger partial charge in [-0.05, 0) is 31.0 Å². The van der Waals surface area contributed by atoms with E-state index in [2.05, 4.69) is 4.99 Å². The Kier molecular flexibility index (Phi) is 7.29. The van der Waals surface area contributed by atoms with Crippen molar-refractivity contribution in [3.05, 3.63) is 29.8 Å². The molecule has 1 aromatic carbocycles. The van der Waals surface area contributed by atoms with E-state index in [1.54, 1.807) is 6.08 Å². The van der Waals surface area contributed by atoms with Gasteiger partial charge >= 0.3 is 9.28 Å². The maximum absolute atomic E-state index is 10.5. The first kappa shape index (κ1) is 15.8. The molecule has 1 rings (SSSR count). The summed E-state index contributed by atoms with van der Waals surface area (Å²) in [5.74, 6) is 0. The SMILES string of the molecule is CCO[SiH](OCC)c1ccccc1C(CC)N=C=O. The van der Waals surface area contributed by atoms with Crippen molar-refractivity contribution < 1.29 is 13.6 Å². The average Bonchev–Trinajstić information content (AvgIpc) is 2.44. The maximum atomic E-state index is 10.5. The van der Waals surface area contributed by atoms with E-state index in [0.717, 1.165) is 17.2 Å². The molecule has 1 unspecified atom stereocenters. The minimum atomic E-state index is -1.92. The molecule has 0 spiro atoms.